The van der Waals surface area contributed by atoms with Crippen molar-refractivity contribution in [1.82, 2.24) is 20.0 Å². The molecule has 2 aromatic rings. The fourth-order valence-corrected chi connectivity index (χ4v) is 6.68. The van der Waals surface area contributed by atoms with E-state index in [4.69, 9.17) is 4.99 Å². The van der Waals surface area contributed by atoms with Crippen molar-refractivity contribution < 1.29 is 9.90 Å². The quantitative estimate of drug-likeness (QED) is 0.752. The van der Waals surface area contributed by atoms with E-state index in [1.807, 2.05) is 37.5 Å². The van der Waals surface area contributed by atoms with Gasteiger partial charge in [-0.2, -0.15) is 5.10 Å². The normalized spacial score (nSPS) is 37.7. The van der Waals surface area contributed by atoms with Gasteiger partial charge in [0.25, 0.3) is 5.91 Å². The lowest BCUT2D eigenvalue weighted by molar-refractivity contribution is -0.132. The molecule has 1 aromatic carbocycles. The Kier molecular flexibility index (Phi) is 3.59. The number of nitrogens with one attached hydrogen (secondary N) is 1. The summed E-state index contributed by atoms with van der Waals surface area (Å²) in [6.45, 7) is 0. The lowest BCUT2D eigenvalue weighted by Crippen LogP contribution is -2.58. The molecule has 4 aliphatic carbocycles. The number of nitrogens with zero attached hydrogens (tertiary/aromatic N) is 4. The maximum Gasteiger partial charge on any atom is 0.276 e. The van der Waals surface area contributed by atoms with Crippen LogP contribution in [0.5, 0.6) is 0 Å². The van der Waals surface area contributed by atoms with Gasteiger partial charge in [0.1, 0.15) is 5.70 Å². The summed E-state index contributed by atoms with van der Waals surface area (Å²) in [4.78, 5) is 19.6. The van der Waals surface area contributed by atoms with Crippen LogP contribution in [0.1, 0.15) is 44.1 Å². The Morgan fingerprint density at radius 2 is 2.00 bits per heavy atom. The fourth-order valence-electron chi connectivity index (χ4n) is 6.68. The van der Waals surface area contributed by atoms with Gasteiger partial charge in [-0.05, 0) is 67.7 Å². The van der Waals surface area contributed by atoms with Crippen LogP contribution in [0.3, 0.4) is 0 Å². The number of likely N-dealkylation sites (N-methyl/N-ethyl adjacent to an activating group) is 1. The first-order chi connectivity index (χ1) is 14.3. The van der Waals surface area contributed by atoms with Crippen molar-refractivity contribution in [1.29, 1.82) is 0 Å². The fraction of sp³-hybridized carbons (Fsp3) is 0.522. The third kappa shape index (κ3) is 2.79. The summed E-state index contributed by atoms with van der Waals surface area (Å²) in [6, 6.07) is 5.98. The molecule has 2 heterocycles. The number of aliphatic hydroxyl groups is 1. The molecule has 2 N–H and O–H groups in total. The average Bonchev–Trinajstić information content (AvgIpc) is 3.13. The second-order valence-electron chi connectivity index (χ2n) is 10.0. The highest BCUT2D eigenvalue weighted by atomic mass is 16.3. The zero-order valence-electron chi connectivity index (χ0n) is 17.4. The number of rotatable bonds is 2. The van der Waals surface area contributed by atoms with Crippen LogP contribution in [-0.4, -0.2) is 49.8 Å². The second kappa shape index (κ2) is 5.94. The highest BCUT2D eigenvalue weighted by Gasteiger charge is 2.57. The highest BCUT2D eigenvalue weighted by molar-refractivity contribution is 6.15. The summed E-state index contributed by atoms with van der Waals surface area (Å²) in [7, 11) is 3.67. The number of benzene rings is 1. The molecule has 4 bridgehead atoms. The number of aromatic nitrogens is 2. The highest BCUT2D eigenvalue weighted by Crippen LogP contribution is 2.59. The summed E-state index contributed by atoms with van der Waals surface area (Å²) in [5.74, 6) is 1.65. The maximum atomic E-state index is 12.9. The van der Waals surface area contributed by atoms with Gasteiger partial charge in [0.2, 0.25) is 5.96 Å². The number of hydrogen-bond donors (Lipinski definition) is 2. The van der Waals surface area contributed by atoms with E-state index in [0.29, 0.717) is 23.5 Å². The number of hydrogen-bond acceptors (Lipinski definition) is 4. The Labute approximate surface area is 175 Å². The SMILES string of the molecule is CN1C(=O)/C(=C/c2ccc3nn(C)cc3c2)NC1=NC12CC3CC(CC(O)(C3)C1)C2. The van der Waals surface area contributed by atoms with Crippen LogP contribution >= 0.6 is 0 Å². The van der Waals surface area contributed by atoms with Crippen LogP contribution < -0.4 is 5.32 Å². The predicted octanol–water partition coefficient (Wildman–Crippen LogP) is 2.42. The molecule has 5 fully saturated rings. The molecule has 7 rings (SSSR count). The van der Waals surface area contributed by atoms with Gasteiger partial charge in [-0.1, -0.05) is 6.07 Å². The van der Waals surface area contributed by atoms with Crippen molar-refractivity contribution in [3.63, 3.8) is 0 Å². The Morgan fingerprint density at radius 3 is 2.73 bits per heavy atom. The summed E-state index contributed by atoms with van der Waals surface area (Å²) >= 11 is 0. The minimum Gasteiger partial charge on any atom is -0.390 e. The van der Waals surface area contributed by atoms with E-state index in [0.717, 1.165) is 48.6 Å². The van der Waals surface area contributed by atoms with Crippen LogP contribution in [0.15, 0.2) is 35.1 Å². The monoisotopic (exact) mass is 405 g/mol. The van der Waals surface area contributed by atoms with Crippen LogP contribution in [0.4, 0.5) is 0 Å². The summed E-state index contributed by atoms with van der Waals surface area (Å²) < 4.78 is 1.79. The lowest BCUT2D eigenvalue weighted by atomic mass is 9.51. The molecule has 5 aliphatic rings. The number of carbonyl (C=O) groups is 1. The Balaban J connectivity index is 1.31. The zero-order chi connectivity index (χ0) is 20.7. The van der Waals surface area contributed by atoms with Crippen LogP contribution in [0, 0.1) is 11.8 Å². The number of aryl methyl sites for hydroxylation is 1. The van der Waals surface area contributed by atoms with Gasteiger partial charge in [0.05, 0.1) is 16.7 Å². The molecule has 1 aromatic heterocycles. The first kappa shape index (κ1) is 18.1. The molecule has 7 heteroatoms. The number of amides is 1. The average molecular weight is 406 g/mol. The molecule has 7 nitrogen and oxygen atoms in total. The first-order valence-electron chi connectivity index (χ1n) is 10.8. The molecular weight excluding hydrogens is 378 g/mol. The van der Waals surface area contributed by atoms with Crippen molar-refractivity contribution in [3.8, 4) is 0 Å². The molecule has 2 unspecified atom stereocenters. The van der Waals surface area contributed by atoms with Gasteiger partial charge in [0, 0.05) is 32.1 Å². The maximum absolute atomic E-state index is 12.9. The number of aliphatic imine (C=N–C) groups is 1. The number of guanidine groups is 1. The molecular formula is C23H27N5O2. The van der Waals surface area contributed by atoms with E-state index in [1.165, 1.54) is 6.42 Å². The topological polar surface area (TPSA) is 82.8 Å². The van der Waals surface area contributed by atoms with Crippen LogP contribution in [0.25, 0.3) is 17.0 Å². The molecule has 1 aliphatic heterocycles. The minimum atomic E-state index is -0.562. The van der Waals surface area contributed by atoms with Gasteiger partial charge in [-0.15, -0.1) is 0 Å². The molecule has 30 heavy (non-hydrogen) atoms. The molecule has 1 saturated heterocycles. The first-order valence-corrected chi connectivity index (χ1v) is 10.8. The van der Waals surface area contributed by atoms with E-state index in [-0.39, 0.29) is 11.4 Å². The standard InChI is InChI=1S/C23H27N5O2/c1-27-12-17-6-14(3-4-18(17)26-27)7-19-20(29)28(2)21(24-19)25-22-8-15-5-16(9-22)11-23(30,10-15)13-22/h3-4,6-7,12,15-16,30H,5,8-11,13H2,1-2H3,(H,24,25)/b19-7-. The molecule has 2 atom stereocenters. The number of carbonyl (C=O) groups excluding carboxylic acids is 1. The van der Waals surface area contributed by atoms with Gasteiger partial charge >= 0.3 is 0 Å². The summed E-state index contributed by atoms with van der Waals surface area (Å²) in [5, 5.41) is 19.7. The van der Waals surface area contributed by atoms with Crippen molar-refractivity contribution in [2.75, 3.05) is 7.05 Å². The van der Waals surface area contributed by atoms with Crippen LogP contribution in [0.2, 0.25) is 0 Å². The Bertz CT molecular complexity index is 1120. The Hall–Kier alpha value is -2.67. The summed E-state index contributed by atoms with van der Waals surface area (Å²) in [6.07, 6.45) is 9.67. The van der Waals surface area contributed by atoms with Crippen molar-refractivity contribution in [2.24, 2.45) is 23.9 Å². The third-order valence-corrected chi connectivity index (χ3v) is 7.40. The number of fused-ring (bicyclic) bond motifs is 1. The Morgan fingerprint density at radius 1 is 1.23 bits per heavy atom. The van der Waals surface area contributed by atoms with E-state index in [2.05, 4.69) is 10.4 Å². The molecule has 0 spiro atoms. The largest absolute Gasteiger partial charge is 0.390 e. The van der Waals surface area contributed by atoms with E-state index >= 15 is 0 Å². The molecule has 0 radical (unpaired) electrons. The second-order valence-corrected chi connectivity index (χ2v) is 10.0. The van der Waals surface area contributed by atoms with Crippen molar-refractivity contribution in [2.45, 2.75) is 49.7 Å². The van der Waals surface area contributed by atoms with Crippen LogP contribution in [-0.2, 0) is 11.8 Å². The van der Waals surface area contributed by atoms with E-state index < -0.39 is 5.60 Å². The predicted molar refractivity (Wildman–Crippen MR) is 114 cm³/mol. The zero-order valence-corrected chi connectivity index (χ0v) is 17.4. The van der Waals surface area contributed by atoms with Crippen molar-refractivity contribution >= 4 is 28.8 Å². The summed E-state index contributed by atoms with van der Waals surface area (Å²) in [5.41, 5.74) is 1.62. The molecule has 1 amide bonds. The van der Waals surface area contributed by atoms with E-state index in [9.17, 15) is 9.90 Å². The smallest absolute Gasteiger partial charge is 0.276 e. The van der Waals surface area contributed by atoms with Gasteiger partial charge < -0.3 is 10.4 Å². The lowest BCUT2D eigenvalue weighted by Gasteiger charge is -2.58. The van der Waals surface area contributed by atoms with Crippen molar-refractivity contribution in [3.05, 3.63) is 35.7 Å². The minimum absolute atomic E-state index is 0.0801. The molecule has 4 saturated carbocycles. The van der Waals surface area contributed by atoms with E-state index in [1.54, 1.807) is 16.6 Å². The molecule has 156 valence electrons. The van der Waals surface area contributed by atoms with Gasteiger partial charge in [0.15, 0.2) is 0 Å². The van der Waals surface area contributed by atoms with Gasteiger partial charge in [-0.3, -0.25) is 14.4 Å². The third-order valence-electron chi connectivity index (χ3n) is 7.40. The van der Waals surface area contributed by atoms with Gasteiger partial charge in [-0.25, -0.2) is 4.99 Å².